The molecular weight excluding hydrogens is 188 g/mol. The van der Waals surface area contributed by atoms with E-state index in [4.69, 9.17) is 5.11 Å². The van der Waals surface area contributed by atoms with Gasteiger partial charge in [-0.3, -0.25) is 9.69 Å². The second-order valence-electron chi connectivity index (χ2n) is 2.95. The summed E-state index contributed by atoms with van der Waals surface area (Å²) in [6, 6.07) is -0.113. The number of carbonyl (C=O) groups is 1. The quantitative estimate of drug-likeness (QED) is 0.794. The van der Waals surface area contributed by atoms with E-state index in [0.717, 1.165) is 5.01 Å². The van der Waals surface area contributed by atoms with E-state index < -0.39 is 5.97 Å². The molecule has 1 atom stereocenters. The van der Waals surface area contributed by atoms with Crippen LogP contribution in [0.3, 0.4) is 0 Å². The summed E-state index contributed by atoms with van der Waals surface area (Å²) >= 11 is 1.49. The minimum Gasteiger partial charge on any atom is -0.481 e. The standard InChI is InChI=1S/C8H12N2O2S/c1-10(2)6(5-7(11)12)8-9-3-4-13-8/h3-4,6H,5H2,1-2H3,(H,11,12). The molecule has 13 heavy (non-hydrogen) atoms. The lowest BCUT2D eigenvalue weighted by Crippen LogP contribution is -2.22. The summed E-state index contributed by atoms with van der Waals surface area (Å²) in [5.41, 5.74) is 0. The molecule has 0 radical (unpaired) electrons. The zero-order chi connectivity index (χ0) is 9.84. The second-order valence-corrected chi connectivity index (χ2v) is 3.87. The van der Waals surface area contributed by atoms with Gasteiger partial charge in [0.25, 0.3) is 0 Å². The molecule has 1 N–H and O–H groups in total. The van der Waals surface area contributed by atoms with Crippen molar-refractivity contribution in [1.82, 2.24) is 9.88 Å². The Bertz CT molecular complexity index is 272. The van der Waals surface area contributed by atoms with Gasteiger partial charge < -0.3 is 5.11 Å². The van der Waals surface area contributed by atoms with Crippen molar-refractivity contribution < 1.29 is 9.90 Å². The van der Waals surface area contributed by atoms with Crippen LogP contribution in [-0.4, -0.2) is 35.1 Å². The number of nitrogens with zero attached hydrogens (tertiary/aromatic N) is 2. The number of rotatable bonds is 4. The van der Waals surface area contributed by atoms with Gasteiger partial charge in [-0.05, 0) is 14.1 Å². The smallest absolute Gasteiger partial charge is 0.305 e. The molecule has 1 rings (SSSR count). The number of carboxylic acids is 1. The first kappa shape index (κ1) is 10.1. The molecule has 0 saturated heterocycles. The Morgan fingerprint density at radius 2 is 2.46 bits per heavy atom. The molecular formula is C8H12N2O2S. The number of carboxylic acid groups (broad SMARTS) is 1. The highest BCUT2D eigenvalue weighted by molar-refractivity contribution is 7.09. The van der Waals surface area contributed by atoms with Gasteiger partial charge in [-0.25, -0.2) is 4.98 Å². The van der Waals surface area contributed by atoms with Crippen LogP contribution in [0.15, 0.2) is 11.6 Å². The van der Waals surface area contributed by atoms with Crippen molar-refractivity contribution in [3.8, 4) is 0 Å². The van der Waals surface area contributed by atoms with Crippen molar-refractivity contribution >= 4 is 17.3 Å². The summed E-state index contributed by atoms with van der Waals surface area (Å²) in [4.78, 5) is 16.5. The predicted octanol–water partition coefficient (Wildman–Crippen LogP) is 1.22. The van der Waals surface area contributed by atoms with Crippen molar-refractivity contribution in [2.45, 2.75) is 12.5 Å². The maximum Gasteiger partial charge on any atom is 0.305 e. The zero-order valence-electron chi connectivity index (χ0n) is 7.60. The Labute approximate surface area is 80.8 Å². The summed E-state index contributed by atoms with van der Waals surface area (Å²) in [6.45, 7) is 0. The third-order valence-electron chi connectivity index (χ3n) is 1.73. The van der Waals surface area contributed by atoms with Gasteiger partial charge in [0.15, 0.2) is 0 Å². The van der Waals surface area contributed by atoms with Crippen LogP contribution in [0.5, 0.6) is 0 Å². The third kappa shape index (κ3) is 2.78. The van der Waals surface area contributed by atoms with Gasteiger partial charge in [0.1, 0.15) is 5.01 Å². The van der Waals surface area contributed by atoms with Crippen LogP contribution in [0.1, 0.15) is 17.5 Å². The Kier molecular flexibility index (Phi) is 3.39. The lowest BCUT2D eigenvalue weighted by molar-refractivity contribution is -0.138. The van der Waals surface area contributed by atoms with E-state index in [9.17, 15) is 4.79 Å². The fourth-order valence-electron chi connectivity index (χ4n) is 1.06. The van der Waals surface area contributed by atoms with Gasteiger partial charge in [-0.1, -0.05) is 0 Å². The Hall–Kier alpha value is -0.940. The van der Waals surface area contributed by atoms with Crippen molar-refractivity contribution in [1.29, 1.82) is 0 Å². The number of hydrogen-bond donors (Lipinski definition) is 1. The molecule has 1 heterocycles. The van der Waals surface area contributed by atoms with Crippen molar-refractivity contribution in [3.05, 3.63) is 16.6 Å². The fourth-order valence-corrected chi connectivity index (χ4v) is 1.89. The number of hydrogen-bond acceptors (Lipinski definition) is 4. The first-order valence-corrected chi connectivity index (χ1v) is 4.77. The fraction of sp³-hybridized carbons (Fsp3) is 0.500. The van der Waals surface area contributed by atoms with Crippen LogP contribution in [-0.2, 0) is 4.79 Å². The molecule has 0 aliphatic heterocycles. The summed E-state index contributed by atoms with van der Waals surface area (Å²) in [5, 5.41) is 11.4. The molecule has 1 aromatic heterocycles. The highest BCUT2D eigenvalue weighted by atomic mass is 32.1. The van der Waals surface area contributed by atoms with E-state index in [1.165, 1.54) is 11.3 Å². The molecule has 0 amide bonds. The van der Waals surface area contributed by atoms with E-state index in [2.05, 4.69) is 4.98 Å². The van der Waals surface area contributed by atoms with Crippen LogP contribution < -0.4 is 0 Å². The molecule has 0 aromatic carbocycles. The minimum absolute atomic E-state index is 0.0977. The molecule has 1 aromatic rings. The molecule has 4 nitrogen and oxygen atoms in total. The lowest BCUT2D eigenvalue weighted by Gasteiger charge is -2.19. The number of aliphatic carboxylic acids is 1. The molecule has 72 valence electrons. The highest BCUT2D eigenvalue weighted by Gasteiger charge is 2.19. The zero-order valence-corrected chi connectivity index (χ0v) is 8.41. The third-order valence-corrected chi connectivity index (χ3v) is 2.60. The molecule has 0 bridgehead atoms. The summed E-state index contributed by atoms with van der Waals surface area (Å²) in [5.74, 6) is -0.797. The van der Waals surface area contributed by atoms with E-state index in [-0.39, 0.29) is 12.5 Å². The Morgan fingerprint density at radius 1 is 1.77 bits per heavy atom. The van der Waals surface area contributed by atoms with Crippen LogP contribution in [0.2, 0.25) is 0 Å². The minimum atomic E-state index is -0.797. The first-order valence-electron chi connectivity index (χ1n) is 3.89. The van der Waals surface area contributed by atoms with Crippen LogP contribution in [0.4, 0.5) is 0 Å². The average molecular weight is 200 g/mol. The molecule has 0 spiro atoms. The summed E-state index contributed by atoms with van der Waals surface area (Å²) in [6.07, 6.45) is 1.79. The maximum absolute atomic E-state index is 10.6. The summed E-state index contributed by atoms with van der Waals surface area (Å²) in [7, 11) is 3.71. The van der Waals surface area contributed by atoms with Gasteiger partial charge in [0.05, 0.1) is 12.5 Å². The first-order chi connectivity index (χ1) is 6.11. The van der Waals surface area contributed by atoms with Gasteiger partial charge in [-0.2, -0.15) is 0 Å². The topological polar surface area (TPSA) is 53.4 Å². The number of thiazole rings is 1. The monoisotopic (exact) mass is 200 g/mol. The molecule has 0 saturated carbocycles. The molecule has 1 unspecified atom stereocenters. The largest absolute Gasteiger partial charge is 0.481 e. The maximum atomic E-state index is 10.6. The van der Waals surface area contributed by atoms with E-state index in [0.29, 0.717) is 0 Å². The SMILES string of the molecule is CN(C)C(CC(=O)O)c1nccs1. The van der Waals surface area contributed by atoms with E-state index >= 15 is 0 Å². The van der Waals surface area contributed by atoms with Gasteiger partial charge in [0, 0.05) is 11.6 Å². The molecule has 5 heteroatoms. The van der Waals surface area contributed by atoms with Crippen LogP contribution >= 0.6 is 11.3 Å². The molecule has 0 aliphatic rings. The van der Waals surface area contributed by atoms with Crippen molar-refractivity contribution in [2.75, 3.05) is 14.1 Å². The van der Waals surface area contributed by atoms with Gasteiger partial charge in [-0.15, -0.1) is 11.3 Å². The highest BCUT2D eigenvalue weighted by Crippen LogP contribution is 2.23. The lowest BCUT2D eigenvalue weighted by atomic mass is 10.2. The Balaban J connectivity index is 2.74. The van der Waals surface area contributed by atoms with Crippen molar-refractivity contribution in [3.63, 3.8) is 0 Å². The van der Waals surface area contributed by atoms with Crippen LogP contribution in [0.25, 0.3) is 0 Å². The van der Waals surface area contributed by atoms with Gasteiger partial charge >= 0.3 is 5.97 Å². The average Bonchev–Trinajstić information content (AvgIpc) is 2.50. The normalized spacial score (nSPS) is 13.2. The van der Waals surface area contributed by atoms with E-state index in [1.54, 1.807) is 6.20 Å². The van der Waals surface area contributed by atoms with E-state index in [1.807, 2.05) is 24.4 Å². The van der Waals surface area contributed by atoms with Crippen LogP contribution in [0, 0.1) is 0 Å². The number of aromatic nitrogens is 1. The predicted molar refractivity (Wildman–Crippen MR) is 50.8 cm³/mol. The molecule has 0 fully saturated rings. The van der Waals surface area contributed by atoms with Gasteiger partial charge in [0.2, 0.25) is 0 Å². The molecule has 0 aliphatic carbocycles. The Morgan fingerprint density at radius 3 is 2.85 bits per heavy atom. The summed E-state index contributed by atoms with van der Waals surface area (Å²) < 4.78 is 0. The second kappa shape index (κ2) is 4.34. The van der Waals surface area contributed by atoms with Crippen molar-refractivity contribution in [2.24, 2.45) is 0 Å².